The van der Waals surface area contributed by atoms with Crippen molar-refractivity contribution in [3.63, 3.8) is 0 Å². The smallest absolute Gasteiger partial charge is 0.156 e. The Hall–Kier alpha value is -4.57. The summed E-state index contributed by atoms with van der Waals surface area (Å²) in [5.41, 5.74) is 5.24. The highest BCUT2D eigenvalue weighted by molar-refractivity contribution is 5.94. The lowest BCUT2D eigenvalue weighted by atomic mass is 9.77. The molecule has 0 unspecified atom stereocenters. The molecule has 0 radical (unpaired) electrons. The molecule has 1 aliphatic carbocycles. The van der Waals surface area contributed by atoms with Crippen LogP contribution in [-0.2, 0) is 10.3 Å². The molecule has 4 heteroatoms. The molecule has 41 heavy (non-hydrogen) atoms. The maximum atomic E-state index is 12.8. The van der Waals surface area contributed by atoms with Crippen molar-refractivity contribution in [1.82, 2.24) is 14.5 Å². The van der Waals surface area contributed by atoms with Crippen molar-refractivity contribution >= 4 is 11.9 Å². The van der Waals surface area contributed by atoms with Crippen LogP contribution in [0.3, 0.4) is 0 Å². The first-order valence-electron chi connectivity index (χ1n) is 14.6. The van der Waals surface area contributed by atoms with E-state index in [4.69, 9.17) is 4.98 Å². The molecule has 1 fully saturated rings. The van der Waals surface area contributed by atoms with E-state index >= 15 is 0 Å². The van der Waals surface area contributed by atoms with Gasteiger partial charge < -0.3 is 4.57 Å². The summed E-state index contributed by atoms with van der Waals surface area (Å²) in [5, 5.41) is 0. The molecule has 0 bridgehead atoms. The van der Waals surface area contributed by atoms with Crippen LogP contribution < -0.4 is 0 Å². The van der Waals surface area contributed by atoms with Crippen molar-refractivity contribution < 1.29 is 4.79 Å². The van der Waals surface area contributed by atoms with Crippen LogP contribution in [0.2, 0.25) is 0 Å². The van der Waals surface area contributed by atoms with Gasteiger partial charge in [-0.15, -0.1) is 0 Å². The number of hydrogen-bond donors (Lipinski definition) is 0. The van der Waals surface area contributed by atoms with Crippen molar-refractivity contribution in [2.75, 3.05) is 0 Å². The van der Waals surface area contributed by atoms with E-state index in [1.54, 1.807) is 12.3 Å². The number of imidazole rings is 1. The van der Waals surface area contributed by atoms with Crippen molar-refractivity contribution in [1.29, 1.82) is 0 Å². The van der Waals surface area contributed by atoms with E-state index in [2.05, 4.69) is 88.5 Å². The lowest BCUT2D eigenvalue weighted by Gasteiger charge is -2.37. The first-order chi connectivity index (χ1) is 20.2. The van der Waals surface area contributed by atoms with Crippen LogP contribution in [0.5, 0.6) is 0 Å². The molecule has 0 atom stereocenters. The van der Waals surface area contributed by atoms with Gasteiger partial charge >= 0.3 is 0 Å². The number of ketones is 1. The van der Waals surface area contributed by atoms with Crippen LogP contribution in [0.15, 0.2) is 128 Å². The molecule has 0 N–H and O–H groups in total. The van der Waals surface area contributed by atoms with Gasteiger partial charge in [-0.25, -0.2) is 4.98 Å². The minimum absolute atomic E-state index is 0.176. The van der Waals surface area contributed by atoms with Crippen LogP contribution >= 0.6 is 0 Å². The van der Waals surface area contributed by atoms with Crippen molar-refractivity contribution in [2.24, 2.45) is 5.92 Å². The zero-order chi connectivity index (χ0) is 27.9. The zero-order valence-corrected chi connectivity index (χ0v) is 23.3. The number of carbonyl (C=O) groups excluding carboxylic acids is 1. The molecular weight excluding hydrogens is 502 g/mol. The maximum absolute atomic E-state index is 12.8. The van der Waals surface area contributed by atoms with Crippen molar-refractivity contribution in [2.45, 2.75) is 44.1 Å². The van der Waals surface area contributed by atoms with Gasteiger partial charge in [0.15, 0.2) is 5.78 Å². The first-order valence-corrected chi connectivity index (χ1v) is 14.6. The fraction of sp³-hybridized carbons (Fsp3) is 0.216. The lowest BCUT2D eigenvalue weighted by molar-refractivity contribution is -0.115. The number of aromatic nitrogens is 3. The predicted octanol–water partition coefficient (Wildman–Crippen LogP) is 8.34. The Morgan fingerprint density at radius 2 is 1.34 bits per heavy atom. The highest BCUT2D eigenvalue weighted by atomic mass is 16.1. The Morgan fingerprint density at radius 1 is 0.756 bits per heavy atom. The quantitative estimate of drug-likeness (QED) is 0.140. The summed E-state index contributed by atoms with van der Waals surface area (Å²) in [4.78, 5) is 22.4. The minimum Gasteiger partial charge on any atom is -0.318 e. The molecule has 4 nitrogen and oxygen atoms in total. The Morgan fingerprint density at radius 3 is 1.93 bits per heavy atom. The van der Waals surface area contributed by atoms with E-state index in [-0.39, 0.29) is 5.78 Å². The van der Waals surface area contributed by atoms with E-state index < -0.39 is 5.54 Å². The number of nitrogens with zero attached hydrogens (tertiary/aromatic N) is 3. The van der Waals surface area contributed by atoms with Gasteiger partial charge in [-0.3, -0.25) is 9.78 Å². The molecule has 1 saturated carbocycles. The maximum Gasteiger partial charge on any atom is 0.156 e. The van der Waals surface area contributed by atoms with Gasteiger partial charge in [-0.1, -0.05) is 123 Å². The minimum atomic E-state index is -0.636. The number of hydrogen-bond acceptors (Lipinski definition) is 3. The SMILES string of the molecule is O=C(/C=C/c1ncccc1-c1cn(C(c2ccccc2)(c2ccccc2)c2ccccc2)cn1)CC1CCCCC1. The van der Waals surface area contributed by atoms with Crippen molar-refractivity contribution in [3.05, 3.63) is 150 Å². The second-order valence-corrected chi connectivity index (χ2v) is 10.9. The fourth-order valence-electron chi connectivity index (χ4n) is 6.31. The number of carbonyl (C=O) groups is 1. The summed E-state index contributed by atoms with van der Waals surface area (Å²) >= 11 is 0. The Kier molecular flexibility index (Phi) is 7.99. The van der Waals surface area contributed by atoms with Crippen LogP contribution in [0, 0.1) is 5.92 Å². The average Bonchev–Trinajstić information content (AvgIpc) is 3.53. The zero-order valence-electron chi connectivity index (χ0n) is 23.3. The second-order valence-electron chi connectivity index (χ2n) is 10.9. The van der Waals surface area contributed by atoms with Gasteiger partial charge in [-0.05, 0) is 46.9 Å². The van der Waals surface area contributed by atoms with Gasteiger partial charge in [0.25, 0.3) is 0 Å². The standard InChI is InChI=1S/C37H35N3O/c41-33(26-29-14-5-1-6-15-29)23-24-35-34(22-13-25-38-35)36-27-40(28-39-36)37(30-16-7-2-8-17-30,31-18-9-3-10-19-31)32-20-11-4-12-21-32/h2-4,7-13,16-25,27-29H,1,5-6,14-15,26H2/b24-23+. The van der Waals surface area contributed by atoms with Crippen molar-refractivity contribution in [3.8, 4) is 11.3 Å². The second kappa shape index (κ2) is 12.3. The molecule has 0 saturated heterocycles. The monoisotopic (exact) mass is 537 g/mol. The normalized spacial score (nSPS) is 14.3. The highest BCUT2D eigenvalue weighted by Crippen LogP contribution is 2.41. The van der Waals surface area contributed by atoms with E-state index in [1.165, 1.54) is 19.3 Å². The number of benzene rings is 3. The summed E-state index contributed by atoms with van der Waals surface area (Å²) in [5.74, 6) is 0.692. The Labute approximate surface area is 242 Å². The van der Waals surface area contributed by atoms with E-state index in [0.717, 1.165) is 46.5 Å². The highest BCUT2D eigenvalue weighted by Gasteiger charge is 2.38. The topological polar surface area (TPSA) is 47.8 Å². The fourth-order valence-corrected chi connectivity index (χ4v) is 6.31. The van der Waals surface area contributed by atoms with Gasteiger partial charge in [0.1, 0.15) is 5.54 Å². The van der Waals surface area contributed by atoms with Gasteiger partial charge in [0.05, 0.1) is 17.7 Å². The Balaban J connectivity index is 1.41. The van der Waals surface area contributed by atoms with Gasteiger partial charge in [0, 0.05) is 24.4 Å². The molecule has 3 aromatic carbocycles. The Bertz CT molecular complexity index is 1500. The van der Waals surface area contributed by atoms with E-state index in [1.807, 2.05) is 42.7 Å². The molecule has 6 rings (SSSR count). The third kappa shape index (κ3) is 5.55. The molecule has 0 spiro atoms. The predicted molar refractivity (Wildman–Crippen MR) is 165 cm³/mol. The third-order valence-electron chi connectivity index (χ3n) is 8.30. The summed E-state index contributed by atoms with van der Waals surface area (Å²) in [6, 6.07) is 35.7. The van der Waals surface area contributed by atoms with E-state index in [9.17, 15) is 4.79 Å². The molecular formula is C37H35N3O. The molecule has 2 aromatic heterocycles. The average molecular weight is 538 g/mol. The summed E-state index contributed by atoms with van der Waals surface area (Å²) in [6.07, 6.45) is 16.1. The van der Waals surface area contributed by atoms with Crippen LogP contribution in [-0.4, -0.2) is 20.3 Å². The van der Waals surface area contributed by atoms with E-state index in [0.29, 0.717) is 12.3 Å². The van der Waals surface area contributed by atoms with Gasteiger partial charge in [-0.2, -0.15) is 0 Å². The van der Waals surface area contributed by atoms with Crippen LogP contribution in [0.4, 0.5) is 0 Å². The molecule has 2 heterocycles. The summed E-state index contributed by atoms with van der Waals surface area (Å²) < 4.78 is 2.21. The number of rotatable bonds is 9. The van der Waals surface area contributed by atoms with Crippen LogP contribution in [0.1, 0.15) is 60.9 Å². The molecule has 204 valence electrons. The summed E-state index contributed by atoms with van der Waals surface area (Å²) in [7, 11) is 0. The summed E-state index contributed by atoms with van der Waals surface area (Å²) in [6.45, 7) is 0. The number of allylic oxidation sites excluding steroid dienone is 1. The number of pyridine rings is 1. The first kappa shape index (κ1) is 26.6. The third-order valence-corrected chi connectivity index (χ3v) is 8.30. The molecule has 1 aliphatic rings. The molecule has 0 amide bonds. The largest absolute Gasteiger partial charge is 0.318 e. The molecule has 5 aromatic rings. The van der Waals surface area contributed by atoms with Crippen LogP contribution in [0.25, 0.3) is 17.3 Å². The lowest BCUT2D eigenvalue weighted by Crippen LogP contribution is -2.36. The molecule has 0 aliphatic heterocycles. The van der Waals surface area contributed by atoms with Gasteiger partial charge in [0.2, 0.25) is 0 Å².